The van der Waals surface area contributed by atoms with Crippen molar-refractivity contribution in [2.45, 2.75) is 328 Å². The van der Waals surface area contributed by atoms with Crippen LogP contribution >= 0.6 is 0 Å². The number of carbonyl (C=O) groups is 2. The lowest BCUT2D eigenvalue weighted by molar-refractivity contribution is -0.143. The van der Waals surface area contributed by atoms with Gasteiger partial charge in [0.2, 0.25) is 5.91 Å². The predicted octanol–water partition coefficient (Wildman–Crippen LogP) is 18.4. The minimum Gasteiger partial charge on any atom is -0.466 e. The van der Waals surface area contributed by atoms with E-state index in [1.165, 1.54) is 238 Å². The Morgan fingerprint density at radius 3 is 1.07 bits per heavy atom. The molecule has 6 heteroatoms. The lowest BCUT2D eigenvalue weighted by Gasteiger charge is -2.20. The lowest BCUT2D eigenvalue weighted by Crippen LogP contribution is -2.45. The van der Waals surface area contributed by atoms with Crippen molar-refractivity contribution in [3.05, 3.63) is 36.5 Å². The molecular formula is C61H115NO5. The first-order chi connectivity index (χ1) is 33.0. The molecule has 0 rings (SSSR count). The van der Waals surface area contributed by atoms with E-state index in [-0.39, 0.29) is 18.5 Å². The van der Waals surface area contributed by atoms with Crippen molar-refractivity contribution >= 4 is 11.9 Å². The van der Waals surface area contributed by atoms with E-state index in [2.05, 4.69) is 43.5 Å². The van der Waals surface area contributed by atoms with E-state index < -0.39 is 12.1 Å². The molecule has 6 nitrogen and oxygen atoms in total. The Balaban J connectivity index is 3.45. The summed E-state index contributed by atoms with van der Waals surface area (Å²) in [6.07, 6.45) is 70.3. The Labute approximate surface area is 417 Å². The van der Waals surface area contributed by atoms with Crippen molar-refractivity contribution in [3.8, 4) is 0 Å². The minimum absolute atomic E-state index is 0.0000960. The summed E-state index contributed by atoms with van der Waals surface area (Å²) in [5.74, 6) is -0.0745. The zero-order valence-electron chi connectivity index (χ0n) is 44.9. The summed E-state index contributed by atoms with van der Waals surface area (Å²) in [6, 6.07) is -0.633. The molecule has 0 fully saturated rings. The van der Waals surface area contributed by atoms with E-state index >= 15 is 0 Å². The molecule has 0 aliphatic carbocycles. The molecule has 1 amide bonds. The van der Waals surface area contributed by atoms with Crippen molar-refractivity contribution < 1.29 is 24.5 Å². The summed E-state index contributed by atoms with van der Waals surface area (Å²) in [4.78, 5) is 24.5. The van der Waals surface area contributed by atoms with Gasteiger partial charge in [-0.3, -0.25) is 9.59 Å². The number of aliphatic hydroxyl groups excluding tert-OH is 2. The van der Waals surface area contributed by atoms with Crippen LogP contribution in [0.1, 0.15) is 316 Å². The maximum atomic E-state index is 12.5. The second-order valence-electron chi connectivity index (χ2n) is 20.3. The van der Waals surface area contributed by atoms with Gasteiger partial charge in [0, 0.05) is 12.8 Å². The quantitative estimate of drug-likeness (QED) is 0.0321. The number of hydrogen-bond donors (Lipinski definition) is 3. The molecule has 0 heterocycles. The fraction of sp³-hybridized carbons (Fsp3) is 0.869. The van der Waals surface area contributed by atoms with Gasteiger partial charge in [-0.15, -0.1) is 0 Å². The minimum atomic E-state index is -0.849. The van der Waals surface area contributed by atoms with Gasteiger partial charge in [0.25, 0.3) is 0 Å². The van der Waals surface area contributed by atoms with Crippen LogP contribution in [0.2, 0.25) is 0 Å². The molecule has 0 spiro atoms. The monoisotopic (exact) mass is 942 g/mol. The number of rotatable bonds is 55. The zero-order valence-corrected chi connectivity index (χ0v) is 44.9. The van der Waals surface area contributed by atoms with Gasteiger partial charge >= 0.3 is 5.97 Å². The summed E-state index contributed by atoms with van der Waals surface area (Å²) < 4.78 is 5.47. The van der Waals surface area contributed by atoms with Gasteiger partial charge in [0.05, 0.1) is 25.4 Å². The van der Waals surface area contributed by atoms with Crippen molar-refractivity contribution in [2.75, 3.05) is 13.2 Å². The topological polar surface area (TPSA) is 95.9 Å². The molecule has 2 unspecified atom stereocenters. The van der Waals surface area contributed by atoms with Crippen LogP contribution in [0.15, 0.2) is 36.5 Å². The summed E-state index contributed by atoms with van der Waals surface area (Å²) in [5.41, 5.74) is 0. The fourth-order valence-electron chi connectivity index (χ4n) is 9.03. The van der Waals surface area contributed by atoms with E-state index in [1.54, 1.807) is 6.08 Å². The van der Waals surface area contributed by atoms with Gasteiger partial charge in [-0.2, -0.15) is 0 Å². The van der Waals surface area contributed by atoms with Crippen LogP contribution in [-0.4, -0.2) is 47.4 Å². The van der Waals surface area contributed by atoms with Gasteiger partial charge in [0.1, 0.15) is 0 Å². The summed E-state index contributed by atoms with van der Waals surface area (Å²) in [5, 5.41) is 23.1. The SMILES string of the molecule is CCCCCC/C=C\CCCCCCCC(=O)OCCCCCCCCCCCCC/C=C\CCCCCCCCCC(=O)NC(CO)C(O)/C=C/CCCCCCCCCCCCCCC. The predicted molar refractivity (Wildman–Crippen MR) is 292 cm³/mol. The molecule has 0 bridgehead atoms. The Hall–Kier alpha value is -1.92. The van der Waals surface area contributed by atoms with Crippen LogP contribution in [-0.2, 0) is 14.3 Å². The molecule has 0 aromatic heterocycles. The number of carbonyl (C=O) groups excluding carboxylic acids is 2. The number of ether oxygens (including phenoxy) is 1. The van der Waals surface area contributed by atoms with Crippen LogP contribution in [0.4, 0.5) is 0 Å². The van der Waals surface area contributed by atoms with Gasteiger partial charge < -0.3 is 20.3 Å². The number of esters is 1. The first-order valence-corrected chi connectivity index (χ1v) is 29.8. The largest absolute Gasteiger partial charge is 0.466 e. The van der Waals surface area contributed by atoms with Gasteiger partial charge in [-0.1, -0.05) is 256 Å². The molecule has 0 saturated heterocycles. The normalized spacial score (nSPS) is 12.8. The highest BCUT2D eigenvalue weighted by Gasteiger charge is 2.18. The third-order valence-corrected chi connectivity index (χ3v) is 13.6. The Morgan fingerprint density at radius 1 is 0.403 bits per heavy atom. The molecule has 0 aliphatic rings. The third-order valence-electron chi connectivity index (χ3n) is 13.6. The number of nitrogens with one attached hydrogen (secondary N) is 1. The summed E-state index contributed by atoms with van der Waals surface area (Å²) >= 11 is 0. The zero-order chi connectivity index (χ0) is 48.6. The summed E-state index contributed by atoms with van der Waals surface area (Å²) in [7, 11) is 0. The first-order valence-electron chi connectivity index (χ1n) is 29.8. The molecule has 2 atom stereocenters. The average molecular weight is 943 g/mol. The van der Waals surface area contributed by atoms with Crippen LogP contribution in [0.5, 0.6) is 0 Å². The van der Waals surface area contributed by atoms with Crippen molar-refractivity contribution in [1.82, 2.24) is 5.32 Å². The second kappa shape index (κ2) is 56.7. The standard InChI is InChI=1S/C61H115NO5/c1-3-5-7-9-11-13-15-17-26-30-33-37-41-45-49-53-59(64)58(57-63)62-60(65)54-50-46-42-38-34-31-27-24-22-20-18-19-21-23-25-28-32-36-40-44-48-52-56-67-61(66)55-51-47-43-39-35-29-16-14-12-10-8-6-4-2/h14,16,20,22,49,53,58-59,63-64H,3-13,15,17-19,21,23-48,50-52,54-57H2,1-2H3,(H,62,65)/b16-14-,22-20-,53-49+. The first kappa shape index (κ1) is 65.1. The molecule has 0 saturated carbocycles. The maximum absolute atomic E-state index is 12.5. The van der Waals surface area contributed by atoms with E-state index in [0.717, 1.165) is 51.4 Å². The molecule has 0 aromatic carbocycles. The number of unbranched alkanes of at least 4 members (excludes halogenated alkanes) is 40. The number of hydrogen-bond acceptors (Lipinski definition) is 5. The van der Waals surface area contributed by atoms with Crippen molar-refractivity contribution in [2.24, 2.45) is 0 Å². The van der Waals surface area contributed by atoms with E-state index in [1.807, 2.05) is 6.08 Å². The number of aliphatic hydroxyl groups is 2. The maximum Gasteiger partial charge on any atom is 0.305 e. The molecule has 394 valence electrons. The highest BCUT2D eigenvalue weighted by Crippen LogP contribution is 2.16. The molecule has 0 radical (unpaired) electrons. The molecular weight excluding hydrogens is 827 g/mol. The van der Waals surface area contributed by atoms with Gasteiger partial charge in [-0.05, 0) is 83.5 Å². The van der Waals surface area contributed by atoms with E-state index in [4.69, 9.17) is 4.74 Å². The van der Waals surface area contributed by atoms with Gasteiger partial charge in [-0.25, -0.2) is 0 Å². The van der Waals surface area contributed by atoms with Crippen LogP contribution in [0, 0.1) is 0 Å². The highest BCUT2D eigenvalue weighted by molar-refractivity contribution is 5.76. The van der Waals surface area contributed by atoms with Gasteiger partial charge in [0.15, 0.2) is 0 Å². The highest BCUT2D eigenvalue weighted by atomic mass is 16.5. The Kier molecular flexibility index (Phi) is 55.0. The number of allylic oxidation sites excluding steroid dienone is 5. The fourth-order valence-corrected chi connectivity index (χ4v) is 9.03. The molecule has 0 aliphatic heterocycles. The lowest BCUT2D eigenvalue weighted by atomic mass is 10.0. The Morgan fingerprint density at radius 2 is 0.701 bits per heavy atom. The van der Waals surface area contributed by atoms with Crippen LogP contribution in [0.25, 0.3) is 0 Å². The molecule has 3 N–H and O–H groups in total. The third kappa shape index (κ3) is 53.3. The van der Waals surface area contributed by atoms with Crippen molar-refractivity contribution in [1.29, 1.82) is 0 Å². The van der Waals surface area contributed by atoms with E-state index in [9.17, 15) is 19.8 Å². The van der Waals surface area contributed by atoms with Crippen LogP contribution < -0.4 is 5.32 Å². The second-order valence-corrected chi connectivity index (χ2v) is 20.3. The van der Waals surface area contributed by atoms with Crippen LogP contribution in [0.3, 0.4) is 0 Å². The number of amides is 1. The Bertz CT molecular complexity index is 1090. The smallest absolute Gasteiger partial charge is 0.305 e. The van der Waals surface area contributed by atoms with Crippen molar-refractivity contribution in [3.63, 3.8) is 0 Å². The average Bonchev–Trinajstić information content (AvgIpc) is 3.33. The molecule has 67 heavy (non-hydrogen) atoms. The van der Waals surface area contributed by atoms with E-state index in [0.29, 0.717) is 19.4 Å². The summed E-state index contributed by atoms with van der Waals surface area (Å²) in [6.45, 7) is 4.89. The molecule has 0 aromatic rings.